The molecule has 4 nitrogen and oxygen atoms in total. The van der Waals surface area contributed by atoms with Crippen LogP contribution in [0.1, 0.15) is 45.1 Å². The van der Waals surface area contributed by atoms with E-state index in [0.29, 0.717) is 11.8 Å². The minimum atomic E-state index is 0.0318. The number of aliphatic hydroxyl groups excluding tert-OH is 1. The lowest BCUT2D eigenvalue weighted by atomic mass is 10.1. The minimum absolute atomic E-state index is 0.0318. The van der Waals surface area contributed by atoms with Gasteiger partial charge in [0.1, 0.15) is 11.6 Å². The zero-order chi connectivity index (χ0) is 13.0. The van der Waals surface area contributed by atoms with Gasteiger partial charge in [0.25, 0.3) is 0 Å². The maximum absolute atomic E-state index is 9.30. The standard InChI is InChI=1S/C13H23N3O/c1-8(2)11(7-17)15-12-6-10(5)14-13(16-12)9(3)4/h6,8-9,11,17H,7H2,1-5H3,(H,14,15,16)/t11-/m1/s1. The van der Waals surface area contributed by atoms with Gasteiger partial charge in [-0.2, -0.15) is 0 Å². The normalized spacial score (nSPS) is 13.2. The number of rotatable bonds is 5. The molecule has 0 aromatic carbocycles. The topological polar surface area (TPSA) is 58.0 Å². The molecule has 0 saturated heterocycles. The highest BCUT2D eigenvalue weighted by molar-refractivity contribution is 5.37. The lowest BCUT2D eigenvalue weighted by Gasteiger charge is -2.21. The van der Waals surface area contributed by atoms with Crippen LogP contribution in [0.4, 0.5) is 5.82 Å². The van der Waals surface area contributed by atoms with E-state index in [-0.39, 0.29) is 12.6 Å². The van der Waals surface area contributed by atoms with Crippen molar-refractivity contribution in [2.45, 2.75) is 46.6 Å². The van der Waals surface area contributed by atoms with Crippen molar-refractivity contribution in [3.05, 3.63) is 17.6 Å². The smallest absolute Gasteiger partial charge is 0.133 e. The molecule has 1 atom stereocenters. The third-order valence-corrected chi connectivity index (χ3v) is 2.72. The second-order valence-corrected chi connectivity index (χ2v) is 5.08. The summed E-state index contributed by atoms with van der Waals surface area (Å²) >= 11 is 0. The van der Waals surface area contributed by atoms with Gasteiger partial charge in [0.15, 0.2) is 0 Å². The van der Waals surface area contributed by atoms with Crippen LogP contribution in [0.25, 0.3) is 0 Å². The van der Waals surface area contributed by atoms with Crippen molar-refractivity contribution < 1.29 is 5.11 Å². The largest absolute Gasteiger partial charge is 0.394 e. The van der Waals surface area contributed by atoms with E-state index in [4.69, 9.17) is 0 Å². The first-order valence-electron chi connectivity index (χ1n) is 6.17. The molecule has 0 radical (unpaired) electrons. The average molecular weight is 237 g/mol. The summed E-state index contributed by atoms with van der Waals surface area (Å²) in [6.07, 6.45) is 0. The summed E-state index contributed by atoms with van der Waals surface area (Å²) in [4.78, 5) is 8.87. The molecule has 0 amide bonds. The van der Waals surface area contributed by atoms with Gasteiger partial charge in [-0.25, -0.2) is 9.97 Å². The zero-order valence-corrected chi connectivity index (χ0v) is 11.4. The molecule has 0 aliphatic heterocycles. The Kier molecular flexibility index (Phi) is 4.87. The Hall–Kier alpha value is -1.16. The van der Waals surface area contributed by atoms with Crippen molar-refractivity contribution in [2.75, 3.05) is 11.9 Å². The van der Waals surface area contributed by atoms with Crippen LogP contribution in [0, 0.1) is 12.8 Å². The van der Waals surface area contributed by atoms with Crippen LogP contribution in [0.2, 0.25) is 0 Å². The number of nitrogens with one attached hydrogen (secondary N) is 1. The van der Waals surface area contributed by atoms with E-state index in [2.05, 4.69) is 43.0 Å². The molecular weight excluding hydrogens is 214 g/mol. The number of aromatic nitrogens is 2. The first-order chi connectivity index (χ1) is 7.93. The third-order valence-electron chi connectivity index (χ3n) is 2.72. The van der Waals surface area contributed by atoms with E-state index in [1.807, 2.05) is 13.0 Å². The number of hydrogen-bond donors (Lipinski definition) is 2. The van der Waals surface area contributed by atoms with Crippen molar-refractivity contribution in [3.63, 3.8) is 0 Å². The van der Waals surface area contributed by atoms with Crippen molar-refractivity contribution in [2.24, 2.45) is 5.92 Å². The van der Waals surface area contributed by atoms with Crippen LogP contribution in [-0.4, -0.2) is 27.7 Å². The van der Waals surface area contributed by atoms with Gasteiger partial charge in [-0.3, -0.25) is 0 Å². The molecule has 0 saturated carbocycles. The molecule has 0 unspecified atom stereocenters. The fraction of sp³-hybridized carbons (Fsp3) is 0.692. The predicted octanol–water partition coefficient (Wildman–Crippen LogP) is 2.34. The van der Waals surface area contributed by atoms with Gasteiger partial charge in [-0.15, -0.1) is 0 Å². The average Bonchev–Trinajstić information content (AvgIpc) is 2.24. The fourth-order valence-corrected chi connectivity index (χ4v) is 1.54. The number of aryl methyl sites for hydroxylation is 1. The minimum Gasteiger partial charge on any atom is -0.394 e. The molecule has 1 heterocycles. The molecule has 0 aliphatic rings. The van der Waals surface area contributed by atoms with Gasteiger partial charge in [0.2, 0.25) is 0 Å². The molecular formula is C13H23N3O. The molecule has 4 heteroatoms. The molecule has 0 bridgehead atoms. The highest BCUT2D eigenvalue weighted by Crippen LogP contribution is 2.15. The van der Waals surface area contributed by atoms with Gasteiger partial charge in [0, 0.05) is 17.7 Å². The highest BCUT2D eigenvalue weighted by Gasteiger charge is 2.13. The van der Waals surface area contributed by atoms with E-state index in [0.717, 1.165) is 17.3 Å². The summed E-state index contributed by atoms with van der Waals surface area (Å²) in [6, 6.07) is 1.95. The van der Waals surface area contributed by atoms with Crippen LogP contribution in [0.15, 0.2) is 6.07 Å². The summed E-state index contributed by atoms with van der Waals surface area (Å²) in [5.74, 6) is 2.31. The molecule has 1 rings (SSSR count). The number of anilines is 1. The number of hydrogen-bond acceptors (Lipinski definition) is 4. The molecule has 0 spiro atoms. The van der Waals surface area contributed by atoms with Crippen LogP contribution >= 0.6 is 0 Å². The van der Waals surface area contributed by atoms with Gasteiger partial charge in [0.05, 0.1) is 12.6 Å². The van der Waals surface area contributed by atoms with Crippen molar-refractivity contribution in [3.8, 4) is 0 Å². The number of nitrogens with zero attached hydrogens (tertiary/aromatic N) is 2. The maximum atomic E-state index is 9.30. The van der Waals surface area contributed by atoms with E-state index >= 15 is 0 Å². The Morgan fingerprint density at radius 2 is 1.88 bits per heavy atom. The molecule has 2 N–H and O–H groups in total. The fourth-order valence-electron chi connectivity index (χ4n) is 1.54. The Labute approximate surface area is 103 Å². The van der Waals surface area contributed by atoms with Gasteiger partial charge in [-0.05, 0) is 12.8 Å². The molecule has 1 aromatic heterocycles. The predicted molar refractivity (Wildman–Crippen MR) is 70.2 cm³/mol. The molecule has 0 fully saturated rings. The van der Waals surface area contributed by atoms with Gasteiger partial charge < -0.3 is 10.4 Å². The van der Waals surface area contributed by atoms with Gasteiger partial charge >= 0.3 is 0 Å². The van der Waals surface area contributed by atoms with E-state index in [1.165, 1.54) is 0 Å². The summed E-state index contributed by atoms with van der Waals surface area (Å²) < 4.78 is 0. The lowest BCUT2D eigenvalue weighted by Crippen LogP contribution is -2.30. The lowest BCUT2D eigenvalue weighted by molar-refractivity contribution is 0.249. The monoisotopic (exact) mass is 237 g/mol. The Morgan fingerprint density at radius 1 is 1.24 bits per heavy atom. The molecule has 1 aromatic rings. The van der Waals surface area contributed by atoms with Crippen molar-refractivity contribution >= 4 is 5.82 Å². The van der Waals surface area contributed by atoms with Gasteiger partial charge in [-0.1, -0.05) is 27.7 Å². The quantitative estimate of drug-likeness (QED) is 0.825. The van der Waals surface area contributed by atoms with Crippen LogP contribution < -0.4 is 5.32 Å². The SMILES string of the molecule is Cc1cc(N[C@H](CO)C(C)C)nc(C(C)C)n1. The van der Waals surface area contributed by atoms with E-state index < -0.39 is 0 Å². The first kappa shape index (κ1) is 13.9. The Morgan fingerprint density at radius 3 is 2.35 bits per heavy atom. The second-order valence-electron chi connectivity index (χ2n) is 5.08. The van der Waals surface area contributed by atoms with E-state index in [9.17, 15) is 5.11 Å². The second kappa shape index (κ2) is 5.96. The van der Waals surface area contributed by atoms with Crippen LogP contribution in [-0.2, 0) is 0 Å². The summed E-state index contributed by atoms with van der Waals surface area (Å²) in [6.45, 7) is 10.4. The first-order valence-corrected chi connectivity index (χ1v) is 6.17. The third kappa shape index (κ3) is 3.97. The molecule has 96 valence electrons. The Bertz CT molecular complexity index is 364. The van der Waals surface area contributed by atoms with Crippen molar-refractivity contribution in [1.29, 1.82) is 0 Å². The summed E-state index contributed by atoms with van der Waals surface area (Å²) in [5, 5.41) is 12.6. The van der Waals surface area contributed by atoms with E-state index in [1.54, 1.807) is 0 Å². The molecule has 17 heavy (non-hydrogen) atoms. The van der Waals surface area contributed by atoms with Crippen LogP contribution in [0.3, 0.4) is 0 Å². The highest BCUT2D eigenvalue weighted by atomic mass is 16.3. The Balaban J connectivity index is 2.90. The number of aliphatic hydroxyl groups is 1. The zero-order valence-electron chi connectivity index (χ0n) is 11.4. The van der Waals surface area contributed by atoms with Crippen molar-refractivity contribution in [1.82, 2.24) is 9.97 Å². The summed E-state index contributed by atoms with van der Waals surface area (Å²) in [7, 11) is 0. The molecule has 0 aliphatic carbocycles. The summed E-state index contributed by atoms with van der Waals surface area (Å²) in [5.41, 5.74) is 0.951. The maximum Gasteiger partial charge on any atom is 0.133 e. The van der Waals surface area contributed by atoms with Crippen LogP contribution in [0.5, 0.6) is 0 Å².